The number of hydrogen-bond acceptors (Lipinski definition) is 3. The summed E-state index contributed by atoms with van der Waals surface area (Å²) in [5, 5.41) is 8.63. The molecule has 0 aromatic heterocycles. The van der Waals surface area contributed by atoms with Crippen molar-refractivity contribution < 1.29 is 19.4 Å². The van der Waals surface area contributed by atoms with Crippen LogP contribution >= 0.6 is 0 Å². The molecule has 0 radical (unpaired) electrons. The highest BCUT2D eigenvalue weighted by Gasteiger charge is 2.18. The first kappa shape index (κ1) is 19.6. The van der Waals surface area contributed by atoms with Crippen molar-refractivity contribution >= 4 is 12.0 Å². The summed E-state index contributed by atoms with van der Waals surface area (Å²) in [6, 6.07) is 13.5. The molecule has 0 amide bonds. The lowest BCUT2D eigenvalue weighted by molar-refractivity contribution is -0.131. The molecule has 0 aliphatic heterocycles. The fourth-order valence-electron chi connectivity index (χ4n) is 2.52. The molecular formula is C22H26O4. The molecule has 26 heavy (non-hydrogen) atoms. The van der Waals surface area contributed by atoms with Crippen LogP contribution in [0.5, 0.6) is 11.5 Å². The highest BCUT2D eigenvalue weighted by atomic mass is 16.5. The maximum Gasteiger partial charge on any atom is 0.328 e. The highest BCUT2D eigenvalue weighted by Crippen LogP contribution is 2.32. The molecule has 0 unspecified atom stereocenters. The lowest BCUT2D eigenvalue weighted by Gasteiger charge is -2.23. The van der Waals surface area contributed by atoms with Gasteiger partial charge in [-0.3, -0.25) is 0 Å². The van der Waals surface area contributed by atoms with E-state index in [9.17, 15) is 4.79 Å². The summed E-state index contributed by atoms with van der Waals surface area (Å²) in [5.41, 5.74) is 3.17. The van der Waals surface area contributed by atoms with Crippen molar-refractivity contribution in [1.29, 1.82) is 0 Å². The molecule has 0 bridgehead atoms. The molecule has 0 saturated heterocycles. The second kappa shape index (κ2) is 8.56. The van der Waals surface area contributed by atoms with Crippen molar-refractivity contribution in [2.45, 2.75) is 33.1 Å². The summed E-state index contributed by atoms with van der Waals surface area (Å²) in [6.45, 7) is 9.44. The Hall–Kier alpha value is -2.75. The van der Waals surface area contributed by atoms with E-state index >= 15 is 0 Å². The van der Waals surface area contributed by atoms with Gasteiger partial charge in [0, 0.05) is 6.08 Å². The smallest absolute Gasteiger partial charge is 0.328 e. The standard InChI is InChI=1S/C22H26O4/c1-16-5-11-19(22(2,3)4)20(15-16)26-14-13-25-18-9-6-17(7-10-18)8-12-21(23)24/h5-12,15H,13-14H2,1-4H3,(H,23,24)/b12-8+. The van der Waals surface area contributed by atoms with Crippen molar-refractivity contribution in [2.75, 3.05) is 13.2 Å². The summed E-state index contributed by atoms with van der Waals surface area (Å²) in [4.78, 5) is 10.5. The quantitative estimate of drug-likeness (QED) is 0.570. The summed E-state index contributed by atoms with van der Waals surface area (Å²) < 4.78 is 11.7. The summed E-state index contributed by atoms with van der Waals surface area (Å²) in [6.07, 6.45) is 2.65. The fraction of sp³-hybridized carbons (Fsp3) is 0.318. The average molecular weight is 354 g/mol. The topological polar surface area (TPSA) is 55.8 Å². The number of hydrogen-bond donors (Lipinski definition) is 1. The molecule has 2 aromatic carbocycles. The van der Waals surface area contributed by atoms with Crippen LogP contribution in [0, 0.1) is 6.92 Å². The van der Waals surface area contributed by atoms with Gasteiger partial charge in [-0.15, -0.1) is 0 Å². The second-order valence-corrected chi connectivity index (χ2v) is 7.19. The molecule has 138 valence electrons. The van der Waals surface area contributed by atoms with Gasteiger partial charge in [-0.25, -0.2) is 4.79 Å². The predicted octanol–water partition coefficient (Wildman–Crippen LogP) is 4.85. The summed E-state index contributed by atoms with van der Waals surface area (Å²) >= 11 is 0. The van der Waals surface area contributed by atoms with Crippen molar-refractivity contribution in [3.8, 4) is 11.5 Å². The molecule has 2 aromatic rings. The monoisotopic (exact) mass is 354 g/mol. The Kier molecular flexibility index (Phi) is 6.45. The van der Waals surface area contributed by atoms with Crippen LogP contribution in [-0.4, -0.2) is 24.3 Å². The van der Waals surface area contributed by atoms with Crippen LogP contribution in [0.1, 0.15) is 37.5 Å². The van der Waals surface area contributed by atoms with Crippen LogP contribution in [0.3, 0.4) is 0 Å². The van der Waals surface area contributed by atoms with E-state index in [4.69, 9.17) is 14.6 Å². The van der Waals surface area contributed by atoms with E-state index in [1.165, 1.54) is 11.1 Å². The Morgan fingerprint density at radius 2 is 1.69 bits per heavy atom. The summed E-state index contributed by atoms with van der Waals surface area (Å²) in [7, 11) is 0. The van der Waals surface area contributed by atoms with Crippen molar-refractivity contribution in [1.82, 2.24) is 0 Å². The molecule has 0 aliphatic rings. The predicted molar refractivity (Wildman–Crippen MR) is 104 cm³/mol. The summed E-state index contributed by atoms with van der Waals surface area (Å²) in [5.74, 6) is 0.657. The van der Waals surface area contributed by atoms with Gasteiger partial charge in [0.25, 0.3) is 0 Å². The molecule has 0 aliphatic carbocycles. The molecule has 0 heterocycles. The fourth-order valence-corrected chi connectivity index (χ4v) is 2.52. The van der Waals surface area contributed by atoms with Gasteiger partial charge in [0.2, 0.25) is 0 Å². The van der Waals surface area contributed by atoms with E-state index < -0.39 is 5.97 Å². The van der Waals surface area contributed by atoms with E-state index in [1.807, 2.05) is 24.3 Å². The third-order valence-electron chi connectivity index (χ3n) is 3.85. The van der Waals surface area contributed by atoms with Crippen molar-refractivity contribution in [3.63, 3.8) is 0 Å². The Morgan fingerprint density at radius 1 is 1.04 bits per heavy atom. The van der Waals surface area contributed by atoms with Gasteiger partial charge < -0.3 is 14.6 Å². The number of aryl methyl sites for hydroxylation is 1. The maximum atomic E-state index is 10.5. The van der Waals surface area contributed by atoms with Gasteiger partial charge in [-0.05, 0) is 53.3 Å². The molecule has 1 N–H and O–H groups in total. The number of aliphatic carboxylic acids is 1. The van der Waals surface area contributed by atoms with Gasteiger partial charge in [-0.2, -0.15) is 0 Å². The Morgan fingerprint density at radius 3 is 2.31 bits per heavy atom. The first-order valence-corrected chi connectivity index (χ1v) is 8.63. The second-order valence-electron chi connectivity index (χ2n) is 7.19. The molecular weight excluding hydrogens is 328 g/mol. The van der Waals surface area contributed by atoms with Crippen LogP contribution in [0.4, 0.5) is 0 Å². The SMILES string of the molecule is Cc1ccc(C(C)(C)C)c(OCCOc2ccc(/C=C/C(=O)O)cc2)c1. The van der Waals surface area contributed by atoms with Gasteiger partial charge in [0.1, 0.15) is 24.7 Å². The number of carboxylic acids is 1. The van der Waals surface area contributed by atoms with Crippen molar-refractivity contribution in [2.24, 2.45) is 0 Å². The molecule has 0 spiro atoms. The van der Waals surface area contributed by atoms with Gasteiger partial charge in [0.05, 0.1) is 0 Å². The molecule has 4 heteroatoms. The molecule has 2 rings (SSSR count). The number of carboxylic acid groups (broad SMARTS) is 1. The Labute approximate surface area is 155 Å². The molecule has 0 atom stereocenters. The van der Waals surface area contributed by atoms with Crippen LogP contribution in [0.2, 0.25) is 0 Å². The minimum Gasteiger partial charge on any atom is -0.490 e. The van der Waals surface area contributed by atoms with Gasteiger partial charge in [-0.1, -0.05) is 45.0 Å². The molecule has 4 nitrogen and oxygen atoms in total. The van der Waals surface area contributed by atoms with Crippen LogP contribution in [0.15, 0.2) is 48.5 Å². The lowest BCUT2D eigenvalue weighted by atomic mass is 9.86. The van der Waals surface area contributed by atoms with Crippen LogP contribution in [-0.2, 0) is 10.2 Å². The number of carbonyl (C=O) groups is 1. The minimum absolute atomic E-state index is 0.0171. The zero-order valence-corrected chi connectivity index (χ0v) is 15.8. The number of ether oxygens (including phenoxy) is 2. The number of benzene rings is 2. The first-order valence-electron chi connectivity index (χ1n) is 8.63. The largest absolute Gasteiger partial charge is 0.490 e. The van der Waals surface area contributed by atoms with E-state index in [-0.39, 0.29) is 5.41 Å². The van der Waals surface area contributed by atoms with E-state index in [1.54, 1.807) is 6.08 Å². The van der Waals surface area contributed by atoms with E-state index in [0.29, 0.717) is 13.2 Å². The van der Waals surface area contributed by atoms with Crippen LogP contribution < -0.4 is 9.47 Å². The Balaban J connectivity index is 1.89. The minimum atomic E-state index is -0.965. The Bertz CT molecular complexity index is 768. The normalized spacial score (nSPS) is 11.5. The molecule has 0 saturated carbocycles. The van der Waals surface area contributed by atoms with Crippen molar-refractivity contribution in [3.05, 3.63) is 65.2 Å². The van der Waals surface area contributed by atoms with E-state index in [0.717, 1.165) is 23.1 Å². The third-order valence-corrected chi connectivity index (χ3v) is 3.85. The van der Waals surface area contributed by atoms with Crippen LogP contribution in [0.25, 0.3) is 6.08 Å². The highest BCUT2D eigenvalue weighted by molar-refractivity contribution is 5.85. The third kappa shape index (κ3) is 5.96. The van der Waals surface area contributed by atoms with Gasteiger partial charge in [0.15, 0.2) is 0 Å². The molecule has 0 fully saturated rings. The average Bonchev–Trinajstić information content (AvgIpc) is 2.57. The zero-order valence-electron chi connectivity index (χ0n) is 15.8. The van der Waals surface area contributed by atoms with E-state index in [2.05, 4.69) is 45.9 Å². The first-order chi connectivity index (χ1) is 12.3. The lowest BCUT2D eigenvalue weighted by Crippen LogP contribution is -2.16. The maximum absolute atomic E-state index is 10.5. The zero-order chi connectivity index (χ0) is 19.2. The number of rotatable bonds is 7. The van der Waals surface area contributed by atoms with Gasteiger partial charge >= 0.3 is 5.97 Å².